The molecule has 0 heterocycles. The van der Waals surface area contributed by atoms with Gasteiger partial charge in [-0.2, -0.15) is 0 Å². The van der Waals surface area contributed by atoms with Crippen molar-refractivity contribution in [2.75, 3.05) is 6.61 Å². The Labute approximate surface area is 93.0 Å². The van der Waals surface area contributed by atoms with Crippen LogP contribution in [-0.4, -0.2) is 23.9 Å². The zero-order valence-corrected chi connectivity index (χ0v) is 9.82. The first-order chi connectivity index (χ1) is 7.29. The Kier molecular flexibility index (Phi) is 4.04. The molecule has 0 aromatic heterocycles. The van der Waals surface area contributed by atoms with Crippen LogP contribution >= 0.6 is 0 Å². The van der Waals surface area contributed by atoms with Gasteiger partial charge in [0.25, 0.3) is 0 Å². The van der Waals surface area contributed by atoms with Crippen LogP contribution < -0.4 is 0 Å². The van der Waals surface area contributed by atoms with Gasteiger partial charge in [0, 0.05) is 6.61 Å². The van der Waals surface area contributed by atoms with E-state index in [2.05, 4.69) is 6.92 Å². The van der Waals surface area contributed by atoms with E-state index < -0.39 is 0 Å². The van der Waals surface area contributed by atoms with Crippen molar-refractivity contribution in [1.29, 1.82) is 0 Å². The third kappa shape index (κ3) is 3.46. The average molecular weight is 212 g/mol. The number of ether oxygens (including phenoxy) is 1. The molecule has 88 valence electrons. The number of hydrogen-bond donors (Lipinski definition) is 1. The first-order valence-corrected chi connectivity index (χ1v) is 6.59. The molecule has 2 fully saturated rings. The third-order valence-electron chi connectivity index (χ3n) is 4.00. The molecule has 2 nitrogen and oxygen atoms in total. The van der Waals surface area contributed by atoms with E-state index in [9.17, 15) is 5.11 Å². The van der Waals surface area contributed by atoms with Crippen molar-refractivity contribution in [1.82, 2.24) is 0 Å². The van der Waals surface area contributed by atoms with Crippen LogP contribution in [0.25, 0.3) is 0 Å². The standard InChI is InChI=1S/C13H24O2/c1-2-10-5-6-12(14)13(9-10)15-8-7-11-3-4-11/h10-14H,2-9H2,1H3. The first kappa shape index (κ1) is 11.4. The molecule has 2 heteroatoms. The van der Waals surface area contributed by atoms with E-state index in [-0.39, 0.29) is 12.2 Å². The van der Waals surface area contributed by atoms with Gasteiger partial charge in [0.05, 0.1) is 12.2 Å². The van der Waals surface area contributed by atoms with Gasteiger partial charge in [-0.05, 0) is 37.5 Å². The van der Waals surface area contributed by atoms with E-state index in [4.69, 9.17) is 4.74 Å². The average Bonchev–Trinajstić information content (AvgIpc) is 3.05. The maximum atomic E-state index is 9.84. The quantitative estimate of drug-likeness (QED) is 0.759. The second kappa shape index (κ2) is 5.31. The van der Waals surface area contributed by atoms with Gasteiger partial charge >= 0.3 is 0 Å². The van der Waals surface area contributed by atoms with Crippen molar-refractivity contribution in [2.24, 2.45) is 11.8 Å². The van der Waals surface area contributed by atoms with E-state index in [1.165, 1.54) is 32.1 Å². The van der Waals surface area contributed by atoms with Gasteiger partial charge in [-0.3, -0.25) is 0 Å². The van der Waals surface area contributed by atoms with Gasteiger partial charge in [-0.1, -0.05) is 26.2 Å². The Morgan fingerprint density at radius 2 is 1.87 bits per heavy atom. The number of aliphatic hydroxyl groups excluding tert-OH is 1. The molecule has 0 aromatic carbocycles. The van der Waals surface area contributed by atoms with E-state index >= 15 is 0 Å². The molecule has 2 rings (SSSR count). The van der Waals surface area contributed by atoms with Gasteiger partial charge in [-0.15, -0.1) is 0 Å². The Balaban J connectivity index is 1.67. The largest absolute Gasteiger partial charge is 0.390 e. The van der Waals surface area contributed by atoms with Crippen LogP contribution in [0.2, 0.25) is 0 Å². The van der Waals surface area contributed by atoms with Crippen LogP contribution in [0.3, 0.4) is 0 Å². The number of hydrogen-bond acceptors (Lipinski definition) is 2. The summed E-state index contributed by atoms with van der Waals surface area (Å²) < 4.78 is 5.83. The summed E-state index contributed by atoms with van der Waals surface area (Å²) in [6.45, 7) is 3.10. The Morgan fingerprint density at radius 1 is 1.13 bits per heavy atom. The molecular weight excluding hydrogens is 188 g/mol. The van der Waals surface area contributed by atoms with Crippen LogP contribution in [0.1, 0.15) is 51.9 Å². The predicted molar refractivity (Wildman–Crippen MR) is 60.7 cm³/mol. The molecule has 0 amide bonds. The normalized spacial score (nSPS) is 36.8. The second-order valence-electron chi connectivity index (χ2n) is 5.30. The fourth-order valence-corrected chi connectivity index (χ4v) is 2.54. The lowest BCUT2D eigenvalue weighted by molar-refractivity contribution is -0.0728. The van der Waals surface area contributed by atoms with Gasteiger partial charge in [-0.25, -0.2) is 0 Å². The fraction of sp³-hybridized carbons (Fsp3) is 1.00. The summed E-state index contributed by atoms with van der Waals surface area (Å²) in [5.41, 5.74) is 0. The minimum absolute atomic E-state index is 0.127. The number of aliphatic hydroxyl groups is 1. The van der Waals surface area contributed by atoms with Crippen LogP contribution in [-0.2, 0) is 4.74 Å². The van der Waals surface area contributed by atoms with Crippen molar-refractivity contribution in [2.45, 2.75) is 64.1 Å². The highest BCUT2D eigenvalue weighted by molar-refractivity contribution is 4.80. The zero-order valence-electron chi connectivity index (χ0n) is 9.82. The summed E-state index contributed by atoms with van der Waals surface area (Å²) in [4.78, 5) is 0. The second-order valence-corrected chi connectivity index (χ2v) is 5.30. The molecule has 0 bridgehead atoms. The number of rotatable bonds is 5. The smallest absolute Gasteiger partial charge is 0.0836 e. The third-order valence-corrected chi connectivity index (χ3v) is 4.00. The molecular formula is C13H24O2. The molecule has 3 unspecified atom stereocenters. The van der Waals surface area contributed by atoms with Gasteiger partial charge < -0.3 is 9.84 Å². The topological polar surface area (TPSA) is 29.5 Å². The molecule has 15 heavy (non-hydrogen) atoms. The van der Waals surface area contributed by atoms with Crippen molar-refractivity contribution in [3.8, 4) is 0 Å². The highest BCUT2D eigenvalue weighted by Crippen LogP contribution is 2.33. The summed E-state index contributed by atoms with van der Waals surface area (Å²) in [7, 11) is 0. The van der Waals surface area contributed by atoms with E-state index in [1.54, 1.807) is 0 Å². The minimum Gasteiger partial charge on any atom is -0.390 e. The highest BCUT2D eigenvalue weighted by atomic mass is 16.5. The molecule has 0 saturated heterocycles. The van der Waals surface area contributed by atoms with Crippen molar-refractivity contribution in [3.63, 3.8) is 0 Å². The van der Waals surface area contributed by atoms with Gasteiger partial charge in [0.1, 0.15) is 0 Å². The maximum absolute atomic E-state index is 9.84. The van der Waals surface area contributed by atoms with Crippen LogP contribution in [0.15, 0.2) is 0 Å². The highest BCUT2D eigenvalue weighted by Gasteiger charge is 2.29. The van der Waals surface area contributed by atoms with E-state index in [1.807, 2.05) is 0 Å². The minimum atomic E-state index is -0.202. The SMILES string of the molecule is CCC1CCC(O)C(OCCC2CC2)C1. The van der Waals surface area contributed by atoms with E-state index in [0.717, 1.165) is 31.3 Å². The van der Waals surface area contributed by atoms with Crippen molar-refractivity contribution >= 4 is 0 Å². The molecule has 2 saturated carbocycles. The molecule has 1 N–H and O–H groups in total. The lowest BCUT2D eigenvalue weighted by Gasteiger charge is -2.32. The molecule has 3 atom stereocenters. The lowest BCUT2D eigenvalue weighted by Crippen LogP contribution is -2.36. The molecule has 0 spiro atoms. The first-order valence-electron chi connectivity index (χ1n) is 6.59. The van der Waals surface area contributed by atoms with Crippen LogP contribution in [0.4, 0.5) is 0 Å². The Hall–Kier alpha value is -0.0800. The summed E-state index contributed by atoms with van der Waals surface area (Å²) in [5.74, 6) is 1.71. The summed E-state index contributed by atoms with van der Waals surface area (Å²) in [6.07, 6.45) is 8.35. The summed E-state index contributed by atoms with van der Waals surface area (Å²) in [6, 6.07) is 0. The van der Waals surface area contributed by atoms with Gasteiger partial charge in [0.15, 0.2) is 0 Å². The van der Waals surface area contributed by atoms with Crippen LogP contribution in [0, 0.1) is 11.8 Å². The summed E-state index contributed by atoms with van der Waals surface area (Å²) in [5, 5.41) is 9.84. The zero-order chi connectivity index (χ0) is 10.7. The molecule has 2 aliphatic carbocycles. The van der Waals surface area contributed by atoms with Crippen molar-refractivity contribution in [3.05, 3.63) is 0 Å². The lowest BCUT2D eigenvalue weighted by atomic mass is 9.84. The monoisotopic (exact) mass is 212 g/mol. The molecule has 0 radical (unpaired) electrons. The molecule has 2 aliphatic rings. The maximum Gasteiger partial charge on any atom is 0.0836 e. The van der Waals surface area contributed by atoms with E-state index in [0.29, 0.717) is 0 Å². The van der Waals surface area contributed by atoms with Gasteiger partial charge in [0.2, 0.25) is 0 Å². The summed E-state index contributed by atoms with van der Waals surface area (Å²) >= 11 is 0. The Morgan fingerprint density at radius 3 is 2.53 bits per heavy atom. The fourth-order valence-electron chi connectivity index (χ4n) is 2.54. The van der Waals surface area contributed by atoms with Crippen molar-refractivity contribution < 1.29 is 9.84 Å². The van der Waals surface area contributed by atoms with Crippen LogP contribution in [0.5, 0.6) is 0 Å². The molecule has 0 aliphatic heterocycles. The predicted octanol–water partition coefficient (Wildman–Crippen LogP) is 2.74. The Bertz CT molecular complexity index is 189. The molecule has 0 aromatic rings.